The Balaban J connectivity index is 1.44. The van der Waals surface area contributed by atoms with Crippen molar-refractivity contribution in [3.8, 4) is 0 Å². The van der Waals surface area contributed by atoms with E-state index in [4.69, 9.17) is 0 Å². The van der Waals surface area contributed by atoms with Crippen molar-refractivity contribution in [1.29, 1.82) is 0 Å². The third kappa shape index (κ3) is 4.12. The first-order chi connectivity index (χ1) is 20.4. The van der Waals surface area contributed by atoms with E-state index in [1.54, 1.807) is 0 Å². The van der Waals surface area contributed by atoms with Crippen molar-refractivity contribution in [1.82, 2.24) is 4.81 Å². The molecule has 1 radical (unpaired) electrons. The van der Waals surface area contributed by atoms with Crippen LogP contribution in [0.25, 0.3) is 0 Å². The van der Waals surface area contributed by atoms with Crippen molar-refractivity contribution in [3.63, 3.8) is 0 Å². The van der Waals surface area contributed by atoms with Crippen molar-refractivity contribution in [2.24, 2.45) is 23.2 Å². The van der Waals surface area contributed by atoms with Gasteiger partial charge in [-0.3, -0.25) is 0 Å². The number of rotatable bonds is 7. The molecule has 0 aromatic heterocycles. The van der Waals surface area contributed by atoms with Gasteiger partial charge in [0.1, 0.15) is 15.9 Å². The lowest BCUT2D eigenvalue weighted by atomic mass is 9.28. The average Bonchev–Trinajstić information content (AvgIpc) is 3.04. The molecule has 3 saturated carbocycles. The first kappa shape index (κ1) is 28.1. The van der Waals surface area contributed by atoms with Gasteiger partial charge in [-0.1, -0.05) is 125 Å². The van der Waals surface area contributed by atoms with Crippen LogP contribution in [0.5, 0.6) is 0 Å². The molecule has 42 heavy (non-hydrogen) atoms. The number of fused-ring (bicyclic) bond motifs is 2. The highest BCUT2D eigenvalue weighted by molar-refractivity contribution is 7.97. The van der Waals surface area contributed by atoms with Crippen molar-refractivity contribution in [3.05, 3.63) is 127 Å². The molecule has 2 bridgehead atoms. The number of hydrogen-bond donors (Lipinski definition) is 0. The summed E-state index contributed by atoms with van der Waals surface area (Å²) in [7, 11) is -2.01. The third-order valence-electron chi connectivity index (χ3n) is 12.2. The van der Waals surface area contributed by atoms with Gasteiger partial charge in [0.15, 0.2) is 0 Å². The Morgan fingerprint density at radius 2 is 1.14 bits per heavy atom. The highest BCUT2D eigenvalue weighted by atomic mass is 31.2. The Labute approximate surface area is 255 Å². The van der Waals surface area contributed by atoms with Gasteiger partial charge in [0.05, 0.1) is 7.26 Å². The number of nitrogens with zero attached hydrogens (tertiary/aromatic N) is 1. The minimum Gasteiger partial charge on any atom is -0.492 e. The fraction of sp³-hybridized carbons (Fsp3) is 0.385. The lowest BCUT2D eigenvalue weighted by Gasteiger charge is -2.75. The Morgan fingerprint density at radius 3 is 1.57 bits per heavy atom. The van der Waals surface area contributed by atoms with E-state index < -0.39 is 7.26 Å². The SMILES string of the molecule is C[C@@H]1[C@@H]([B-]2[C@H]([P+](c3ccccc3)(c3ccccc3)c3ccccc3)[C@@H](C)N2[C@@H](C)c2ccccc2)C[C@H]2C[C@@H]1C2(C)C. The summed E-state index contributed by atoms with van der Waals surface area (Å²) in [6.07, 6.45) is 2.80. The van der Waals surface area contributed by atoms with Gasteiger partial charge in [-0.2, -0.15) is 5.82 Å². The van der Waals surface area contributed by atoms with E-state index >= 15 is 0 Å². The predicted octanol–water partition coefficient (Wildman–Crippen LogP) is 8.42. The van der Waals surface area contributed by atoms with E-state index in [1.165, 1.54) is 34.3 Å². The molecule has 3 aliphatic carbocycles. The zero-order chi connectivity index (χ0) is 29.1. The van der Waals surface area contributed by atoms with Gasteiger partial charge >= 0.3 is 0 Å². The van der Waals surface area contributed by atoms with Gasteiger partial charge in [0.2, 0.25) is 0 Å². The minimum absolute atomic E-state index is 0.394. The van der Waals surface area contributed by atoms with Crippen LogP contribution in [0, 0.1) is 23.2 Å². The maximum Gasteiger partial charge on any atom is 0.101 e. The van der Waals surface area contributed by atoms with Gasteiger partial charge in [-0.15, -0.1) is 0 Å². The second-order valence-corrected chi connectivity index (χ2v) is 17.7. The standard InChI is InChI=1S/C39H46BNP/c1-28-36-26-32(39(36,4)5)27-37(28)40-38(30(3)41(40)29(2)31-18-10-6-11-19-31)42(33-20-12-7-13-21-33,34-22-14-8-15-23-34)35-24-16-9-17-25-35/h6-25,28-30,32,36-38H,26-27H2,1-5H3/t28-,29-,30+,32+,36-,37-,38+/m0/s1. The zero-order valence-corrected chi connectivity index (χ0v) is 26.9. The summed E-state index contributed by atoms with van der Waals surface area (Å²) < 4.78 is 0. The second kappa shape index (κ2) is 10.8. The number of hydrogen-bond acceptors (Lipinski definition) is 1. The molecule has 0 spiro atoms. The van der Waals surface area contributed by atoms with E-state index in [9.17, 15) is 0 Å². The second-order valence-electron chi connectivity index (χ2n) is 14.1. The van der Waals surface area contributed by atoms with Crippen LogP contribution in [0.3, 0.4) is 0 Å². The Hall–Kier alpha value is -2.67. The lowest BCUT2D eigenvalue weighted by molar-refractivity contribution is -0.102. The van der Waals surface area contributed by atoms with Gasteiger partial charge in [-0.05, 0) is 97.0 Å². The molecule has 1 nitrogen and oxygen atoms in total. The molecular weight excluding hydrogens is 524 g/mol. The molecule has 0 N–H and O–H groups in total. The molecule has 8 rings (SSSR count). The van der Waals surface area contributed by atoms with Gasteiger partial charge in [-0.25, -0.2) is 0 Å². The summed E-state index contributed by atoms with van der Waals surface area (Å²) in [6, 6.07) is 47.1. The molecule has 1 saturated heterocycles. The van der Waals surface area contributed by atoms with Crippen LogP contribution in [0.15, 0.2) is 121 Å². The summed E-state index contributed by atoms with van der Waals surface area (Å²) in [4.78, 5) is 2.96. The number of benzene rings is 4. The van der Waals surface area contributed by atoms with Crippen LogP contribution in [0.4, 0.5) is 0 Å². The summed E-state index contributed by atoms with van der Waals surface area (Å²) in [5, 5.41) is 4.60. The Morgan fingerprint density at radius 1 is 0.690 bits per heavy atom. The van der Waals surface area contributed by atoms with Gasteiger partial charge in [0.25, 0.3) is 0 Å². The first-order valence-corrected chi connectivity index (χ1v) is 18.1. The highest BCUT2D eigenvalue weighted by Gasteiger charge is 2.63. The molecule has 3 heteroatoms. The van der Waals surface area contributed by atoms with E-state index in [0.29, 0.717) is 35.7 Å². The minimum atomic E-state index is -2.01. The monoisotopic (exact) mass is 570 g/mol. The van der Waals surface area contributed by atoms with Crippen LogP contribution in [0.2, 0.25) is 5.82 Å². The molecule has 4 aromatic rings. The molecule has 4 aliphatic rings. The largest absolute Gasteiger partial charge is 0.492 e. The fourth-order valence-electron chi connectivity index (χ4n) is 9.94. The summed E-state index contributed by atoms with van der Waals surface area (Å²) in [5.74, 6) is 3.14. The molecule has 0 unspecified atom stereocenters. The van der Waals surface area contributed by atoms with Crippen LogP contribution in [0.1, 0.15) is 59.1 Å². The van der Waals surface area contributed by atoms with Gasteiger partial charge in [0, 0.05) is 0 Å². The third-order valence-corrected chi connectivity index (χ3v) is 17.1. The quantitative estimate of drug-likeness (QED) is 0.159. The van der Waals surface area contributed by atoms with Crippen molar-refractivity contribution in [2.45, 2.75) is 70.9 Å². The van der Waals surface area contributed by atoms with Crippen molar-refractivity contribution >= 4 is 30.0 Å². The molecular formula is C39H46BNP. The molecule has 7 atom stereocenters. The van der Waals surface area contributed by atoms with Crippen LogP contribution in [-0.2, 0) is 0 Å². The predicted molar refractivity (Wildman–Crippen MR) is 184 cm³/mol. The molecule has 4 fully saturated rings. The van der Waals surface area contributed by atoms with E-state index in [1.807, 2.05) is 0 Å². The van der Waals surface area contributed by atoms with E-state index in [0.717, 1.165) is 17.8 Å². The fourth-order valence-corrected chi connectivity index (χ4v) is 15.4. The normalized spacial score (nSPS) is 29.7. The molecule has 1 aliphatic heterocycles. The average molecular weight is 571 g/mol. The maximum atomic E-state index is 2.96. The zero-order valence-electron chi connectivity index (χ0n) is 26.0. The Bertz CT molecular complexity index is 1390. The molecule has 1 heterocycles. The summed E-state index contributed by atoms with van der Waals surface area (Å²) in [5.41, 5.74) is 2.50. The van der Waals surface area contributed by atoms with E-state index in [2.05, 4.69) is 161 Å². The van der Waals surface area contributed by atoms with Crippen molar-refractivity contribution < 1.29 is 0 Å². The lowest BCUT2D eigenvalue weighted by Crippen LogP contribution is -2.76. The van der Waals surface area contributed by atoms with Gasteiger partial charge < -0.3 is 4.81 Å². The smallest absolute Gasteiger partial charge is 0.101 e. The van der Waals surface area contributed by atoms with Crippen LogP contribution < -0.4 is 15.9 Å². The van der Waals surface area contributed by atoms with Crippen LogP contribution >= 0.6 is 7.26 Å². The van der Waals surface area contributed by atoms with E-state index in [-0.39, 0.29) is 0 Å². The summed E-state index contributed by atoms with van der Waals surface area (Å²) in [6.45, 7) is 13.3. The van der Waals surface area contributed by atoms with Crippen LogP contribution in [-0.4, -0.2) is 23.3 Å². The molecule has 4 aromatic carbocycles. The van der Waals surface area contributed by atoms with Crippen molar-refractivity contribution in [2.75, 3.05) is 0 Å². The first-order valence-electron chi connectivity index (χ1n) is 16.2. The molecule has 0 amide bonds. The highest BCUT2D eigenvalue weighted by Crippen LogP contribution is 2.71. The molecule has 215 valence electrons. The summed E-state index contributed by atoms with van der Waals surface area (Å²) >= 11 is 0. The topological polar surface area (TPSA) is 3.24 Å². The Kier molecular flexibility index (Phi) is 7.23. The maximum absolute atomic E-state index is 2.96.